The van der Waals surface area contributed by atoms with E-state index < -0.39 is 122 Å². The Morgan fingerprint density at radius 3 is 1.60 bits per heavy atom. The number of aliphatic hydroxyl groups excluding tert-OH is 6. The Balaban J connectivity index is 0.763. The highest BCUT2D eigenvalue weighted by atomic mass is 32.2. The summed E-state index contributed by atoms with van der Waals surface area (Å²) in [5.41, 5.74) is 4.42. The smallest absolute Gasteiger partial charge is 0.364 e. The number of carbonyl (C=O) groups excluding carboxylic acids is 7. The molecule has 0 radical (unpaired) electrons. The van der Waals surface area contributed by atoms with Crippen LogP contribution in [-0.4, -0.2) is 212 Å². The number of hydrogen-bond acceptors (Lipinski definition) is 20. The van der Waals surface area contributed by atoms with Gasteiger partial charge in [-0.15, -0.1) is 0 Å². The lowest BCUT2D eigenvalue weighted by Crippen LogP contribution is -2.68. The summed E-state index contributed by atoms with van der Waals surface area (Å²) in [6.45, 7) is 1.60. The van der Waals surface area contributed by atoms with Crippen LogP contribution in [0, 0.1) is 0 Å². The normalized spacial score (nSPS) is 23.7. The van der Waals surface area contributed by atoms with Gasteiger partial charge in [0.15, 0.2) is 12.1 Å². The largest absolute Gasteiger partial charge is 0.477 e. The number of ketones is 1. The molecule has 0 aromatic heterocycles. The Hall–Kier alpha value is -6.66. The lowest BCUT2D eigenvalue weighted by molar-refractivity contribution is -0.310. The fourth-order valence-electron chi connectivity index (χ4n) is 11.5. The lowest BCUT2D eigenvalue weighted by Gasteiger charge is -2.46. The maximum absolute atomic E-state index is 13.0. The molecule has 2 aliphatic heterocycles. The van der Waals surface area contributed by atoms with Crippen molar-refractivity contribution in [3.63, 3.8) is 0 Å². The number of ether oxygens (including phenoxy) is 4. The first-order valence-electron chi connectivity index (χ1n) is 31.5. The van der Waals surface area contributed by atoms with Crippen LogP contribution in [0.2, 0.25) is 0 Å². The van der Waals surface area contributed by atoms with Crippen molar-refractivity contribution < 1.29 is 93.0 Å². The second-order valence-corrected chi connectivity index (χ2v) is 26.0. The molecule has 3 fully saturated rings. The third-order valence-corrected chi connectivity index (χ3v) is 18.8. The fraction of sp³-hybridized carbons (Fsp3) is 0.522. The summed E-state index contributed by atoms with van der Waals surface area (Å²) in [6, 6.07) is 27.2. The minimum Gasteiger partial charge on any atom is -0.477 e. The second kappa shape index (κ2) is 36.3. The molecule has 7 rings (SSSR count). The van der Waals surface area contributed by atoms with Crippen molar-refractivity contribution in [3.05, 3.63) is 131 Å². The van der Waals surface area contributed by atoms with Crippen LogP contribution in [0.5, 0.6) is 0 Å². The summed E-state index contributed by atoms with van der Waals surface area (Å²) < 4.78 is 23.5. The fourth-order valence-corrected chi connectivity index (χ4v) is 13.2. The average Bonchev–Trinajstić information content (AvgIpc) is 0.822. The first-order chi connectivity index (χ1) is 44.6. The highest BCUT2D eigenvalue weighted by Crippen LogP contribution is 2.36. The van der Waals surface area contributed by atoms with Gasteiger partial charge in [-0.25, -0.2) is 4.79 Å². The first-order valence-corrected chi connectivity index (χ1v) is 33.8. The molecule has 12 N–H and O–H groups in total. The van der Waals surface area contributed by atoms with Crippen LogP contribution in [0.3, 0.4) is 0 Å². The number of amides is 5. The molecule has 12 atom stereocenters. The highest BCUT2D eigenvalue weighted by Gasteiger charge is 2.56. The quantitative estimate of drug-likeness (QED) is 0.0178. The van der Waals surface area contributed by atoms with E-state index >= 15 is 0 Å². The van der Waals surface area contributed by atoms with Crippen LogP contribution in [0.4, 0.5) is 0 Å². The summed E-state index contributed by atoms with van der Waals surface area (Å²) >= 11 is 2.99. The van der Waals surface area contributed by atoms with Gasteiger partial charge in [-0.05, 0) is 108 Å². The SMILES string of the molecule is CC(=O)N[C@H]1[C@H]([C@H](O)[C@H](O)CNC(=O)c2ccc(C3CCCCC3)cc2)O[C@](C=O)(OCCCSCCNC(=O)c2ccc(C(=O)CCCSCCCO[C@]3(C(=O)O)C[C@H](O)[C@@H](NC(C)=O)[C@H]([C@H](O)[C@H](O)CNC(=O)c4ccc(-c5ccccc5)cc4)O3)cc2)C[C@@H]1O. The van der Waals surface area contributed by atoms with Gasteiger partial charge >= 0.3 is 5.97 Å². The van der Waals surface area contributed by atoms with Gasteiger partial charge in [0.25, 0.3) is 23.5 Å². The van der Waals surface area contributed by atoms with Crippen LogP contribution in [-0.2, 0) is 38.1 Å². The number of carbonyl (C=O) groups is 8. The number of rotatable bonds is 35. The van der Waals surface area contributed by atoms with Crippen molar-refractivity contribution in [1.29, 1.82) is 0 Å². The Morgan fingerprint density at radius 1 is 0.581 bits per heavy atom. The van der Waals surface area contributed by atoms with Crippen molar-refractivity contribution >= 4 is 71.1 Å². The van der Waals surface area contributed by atoms with E-state index in [0.717, 1.165) is 30.9 Å². The second-order valence-electron chi connectivity index (χ2n) is 23.6. The van der Waals surface area contributed by atoms with Gasteiger partial charge in [0, 0.05) is 80.8 Å². The predicted molar refractivity (Wildman–Crippen MR) is 346 cm³/mol. The van der Waals surface area contributed by atoms with Crippen molar-refractivity contribution in [2.75, 3.05) is 55.9 Å². The van der Waals surface area contributed by atoms with Crippen LogP contribution in [0.15, 0.2) is 103 Å². The number of aliphatic hydroxyl groups is 6. The molecule has 1 aliphatic carbocycles. The van der Waals surface area contributed by atoms with E-state index in [2.05, 4.69) is 26.6 Å². The Kier molecular flexibility index (Phi) is 28.8. The first kappa shape index (κ1) is 73.7. The molecule has 1 saturated carbocycles. The lowest BCUT2D eigenvalue weighted by atomic mass is 9.84. The molecule has 4 aromatic carbocycles. The number of thioether (sulfide) groups is 2. The third kappa shape index (κ3) is 21.4. The molecule has 3 aliphatic rings. The molecular weight excluding hydrogens is 1240 g/mol. The van der Waals surface area contributed by atoms with Crippen LogP contribution < -0.4 is 26.6 Å². The van der Waals surface area contributed by atoms with Crippen molar-refractivity contribution in [2.45, 2.75) is 163 Å². The molecule has 0 bridgehead atoms. The summed E-state index contributed by atoms with van der Waals surface area (Å²) in [5.74, 6) is -6.21. The van der Waals surface area contributed by atoms with E-state index in [1.165, 1.54) is 55.3 Å². The summed E-state index contributed by atoms with van der Waals surface area (Å²) in [7, 11) is 0. The average molecular weight is 1330 g/mol. The maximum Gasteiger partial charge on any atom is 0.364 e. The van der Waals surface area contributed by atoms with Crippen molar-refractivity contribution in [1.82, 2.24) is 26.6 Å². The summed E-state index contributed by atoms with van der Waals surface area (Å²) in [4.78, 5) is 102. The molecule has 93 heavy (non-hydrogen) atoms. The van der Waals surface area contributed by atoms with Gasteiger partial charge in [0.05, 0.1) is 49.7 Å². The molecule has 2 saturated heterocycles. The molecule has 4 aromatic rings. The zero-order valence-corrected chi connectivity index (χ0v) is 53.9. The predicted octanol–water partition coefficient (Wildman–Crippen LogP) is 3.66. The van der Waals surface area contributed by atoms with E-state index in [9.17, 15) is 74.1 Å². The summed E-state index contributed by atoms with van der Waals surface area (Å²) in [5, 5.41) is 90.3. The van der Waals surface area contributed by atoms with Gasteiger partial charge in [-0.2, -0.15) is 23.5 Å². The number of carboxylic acids is 1. The molecule has 26 heteroatoms. The monoisotopic (exact) mass is 1330 g/mol. The molecule has 24 nitrogen and oxygen atoms in total. The molecule has 506 valence electrons. The van der Waals surface area contributed by atoms with Crippen LogP contribution >= 0.6 is 23.5 Å². The van der Waals surface area contributed by atoms with Gasteiger partial charge < -0.3 is 81.3 Å². The van der Waals surface area contributed by atoms with Gasteiger partial charge in [0.2, 0.25) is 17.6 Å². The number of Topliss-reactive ketones (excluding diaryl/α,β-unsaturated/α-hetero) is 1. The van der Waals surface area contributed by atoms with Crippen LogP contribution in [0.25, 0.3) is 11.1 Å². The highest BCUT2D eigenvalue weighted by molar-refractivity contribution is 7.99. The Morgan fingerprint density at radius 2 is 1.05 bits per heavy atom. The van der Waals surface area contributed by atoms with Gasteiger partial charge in [-0.3, -0.25) is 33.6 Å². The van der Waals surface area contributed by atoms with Gasteiger partial charge in [-0.1, -0.05) is 86.0 Å². The van der Waals surface area contributed by atoms with Gasteiger partial charge in [0.1, 0.15) is 24.4 Å². The zero-order chi connectivity index (χ0) is 67.1. The molecule has 0 spiro atoms. The number of aldehydes is 1. The maximum atomic E-state index is 13.0. The van der Waals surface area contributed by atoms with E-state index in [-0.39, 0.29) is 43.3 Å². The minimum absolute atomic E-state index is 0.00950. The summed E-state index contributed by atoms with van der Waals surface area (Å²) in [6.07, 6.45) is -6.69. The molecule has 2 heterocycles. The van der Waals surface area contributed by atoms with Crippen LogP contribution in [0.1, 0.15) is 137 Å². The minimum atomic E-state index is -2.47. The molecule has 0 unspecified atom stereocenters. The zero-order valence-electron chi connectivity index (χ0n) is 52.2. The number of aliphatic carboxylic acids is 1. The van der Waals surface area contributed by atoms with E-state index in [1.54, 1.807) is 60.7 Å². The Labute approximate surface area is 549 Å². The number of benzene rings is 4. The van der Waals surface area contributed by atoms with E-state index in [0.29, 0.717) is 77.7 Å². The topological polar surface area (TPSA) is 375 Å². The number of carboxylic acid groups (broad SMARTS) is 1. The Bertz CT molecular complexity index is 3090. The van der Waals surface area contributed by atoms with E-state index in [1.807, 2.05) is 42.5 Å². The number of nitrogens with one attached hydrogen (secondary N) is 5. The standard InChI is InChI=1S/C67H87N5O19S2/c1-41(74)71-56-52(77)36-66(40-73,90-60(56)58(81)54(79)38-69-63(84)49-23-17-45(18-24-49)43-12-5-3-6-13-43)88-30-10-34-93-35-29-68-62(83)48-27-21-47(22-28-48)51(76)16-9-32-92-33-11-31-89-67(65(86)87)37-53(78)57(72-42(2)75)61(91-67)59(82)55(80)39-70-64(85)50-25-19-46(20-26-50)44-14-7-4-8-15-44/h4,7-8,14-15,17-28,40,43,52-61,77-82H,3,5-6,9-13,16,29-39H2,1-2H3,(H,68,83)(H,69,84)(H,70,85)(H,71,74)(H,72,75)(H,86,87)/t52-,53-,54+,55+,56+,57+,58+,59+,60+,61+,66+,67+/m0/s1. The molecular formula is C67H87N5O19S2. The third-order valence-electron chi connectivity index (χ3n) is 16.6. The number of hydrogen-bond donors (Lipinski definition) is 12. The van der Waals surface area contributed by atoms with Crippen molar-refractivity contribution in [3.8, 4) is 11.1 Å². The van der Waals surface area contributed by atoms with Crippen molar-refractivity contribution in [2.24, 2.45) is 0 Å². The van der Waals surface area contributed by atoms with E-state index in [4.69, 9.17) is 18.9 Å². The molecule has 5 amide bonds.